The third-order valence-electron chi connectivity index (χ3n) is 10.6. The first-order valence-electron chi connectivity index (χ1n) is 23.3. The summed E-state index contributed by atoms with van der Waals surface area (Å²) in [5.41, 5.74) is 5.82. The standard InChI is InChI=1S/C47H92N4O2/c1-4-6-8-10-12-14-16-18-20-22-24-26-28-30-32-38-46(52)50(44-36-40-48)42-34-35-43-51(45-37-41-49-3)47(53)39-33-31-29-27-25-23-21-19-17-15-13-11-9-7-5-2/h18-21,49H,4-17,22-45,48H2,1-3H3/b20-18-,21-19-. The minimum atomic E-state index is 0.280. The summed E-state index contributed by atoms with van der Waals surface area (Å²) >= 11 is 0. The van der Waals surface area contributed by atoms with Crippen molar-refractivity contribution in [1.82, 2.24) is 15.1 Å². The molecule has 312 valence electrons. The second-order valence-corrected chi connectivity index (χ2v) is 15.7. The highest BCUT2D eigenvalue weighted by molar-refractivity contribution is 5.76. The van der Waals surface area contributed by atoms with Crippen molar-refractivity contribution in [2.45, 2.75) is 219 Å². The Labute approximate surface area is 331 Å². The number of rotatable bonds is 42. The molecule has 0 atom stereocenters. The molecule has 0 aromatic rings. The number of carbonyl (C=O) groups is 2. The van der Waals surface area contributed by atoms with Crippen LogP contribution in [0.15, 0.2) is 24.3 Å². The maximum Gasteiger partial charge on any atom is 0.222 e. The first kappa shape index (κ1) is 51.3. The summed E-state index contributed by atoms with van der Waals surface area (Å²) < 4.78 is 0. The van der Waals surface area contributed by atoms with E-state index in [0.29, 0.717) is 25.3 Å². The molecule has 0 bridgehead atoms. The Morgan fingerprint density at radius 1 is 0.434 bits per heavy atom. The quantitative estimate of drug-likeness (QED) is 0.0482. The van der Waals surface area contributed by atoms with Crippen LogP contribution in [0.4, 0.5) is 0 Å². The predicted octanol–water partition coefficient (Wildman–Crippen LogP) is 12.5. The van der Waals surface area contributed by atoms with E-state index in [9.17, 15) is 9.59 Å². The molecule has 0 aliphatic carbocycles. The zero-order valence-electron chi connectivity index (χ0n) is 36.0. The van der Waals surface area contributed by atoms with E-state index in [2.05, 4.69) is 48.4 Å². The van der Waals surface area contributed by atoms with Crippen molar-refractivity contribution in [3.05, 3.63) is 24.3 Å². The van der Waals surface area contributed by atoms with E-state index in [4.69, 9.17) is 5.73 Å². The summed E-state index contributed by atoms with van der Waals surface area (Å²) in [7, 11) is 1.97. The Bertz CT molecular complexity index is 829. The van der Waals surface area contributed by atoms with Gasteiger partial charge in [-0.2, -0.15) is 0 Å². The summed E-state index contributed by atoms with van der Waals surface area (Å²) in [5.74, 6) is 0.584. The van der Waals surface area contributed by atoms with Gasteiger partial charge in [0.05, 0.1) is 0 Å². The second-order valence-electron chi connectivity index (χ2n) is 15.7. The molecule has 0 unspecified atom stereocenters. The molecule has 0 heterocycles. The zero-order valence-corrected chi connectivity index (χ0v) is 36.0. The topological polar surface area (TPSA) is 78.7 Å². The molecule has 53 heavy (non-hydrogen) atoms. The van der Waals surface area contributed by atoms with E-state index in [0.717, 1.165) is 84.1 Å². The SMILES string of the molecule is CCCCCCCC/C=C\CCCCCCCC(=O)N(CCCN)CCCCN(CCCNC)C(=O)CCCCCCC/C=C\CCCCCCCC. The van der Waals surface area contributed by atoms with Gasteiger partial charge in [0, 0.05) is 39.0 Å². The fourth-order valence-electron chi connectivity index (χ4n) is 7.07. The van der Waals surface area contributed by atoms with E-state index >= 15 is 0 Å². The monoisotopic (exact) mass is 745 g/mol. The average molecular weight is 745 g/mol. The van der Waals surface area contributed by atoms with Gasteiger partial charge in [-0.3, -0.25) is 9.59 Å². The molecule has 0 saturated heterocycles. The Kier molecular flexibility index (Phi) is 41.7. The molecule has 3 N–H and O–H groups in total. The number of allylic oxidation sites excluding steroid dienone is 4. The molecule has 0 aliphatic heterocycles. The van der Waals surface area contributed by atoms with Gasteiger partial charge in [-0.1, -0.05) is 141 Å². The summed E-state index contributed by atoms with van der Waals surface area (Å²) in [5, 5.41) is 3.22. The van der Waals surface area contributed by atoms with Crippen LogP contribution in [0, 0.1) is 0 Å². The van der Waals surface area contributed by atoms with Gasteiger partial charge in [0.25, 0.3) is 0 Å². The van der Waals surface area contributed by atoms with Gasteiger partial charge in [0.2, 0.25) is 11.8 Å². The second kappa shape index (κ2) is 43.1. The number of hydrogen-bond donors (Lipinski definition) is 2. The number of hydrogen-bond acceptors (Lipinski definition) is 4. The van der Waals surface area contributed by atoms with Gasteiger partial charge < -0.3 is 20.9 Å². The van der Waals surface area contributed by atoms with E-state index in [-0.39, 0.29) is 5.91 Å². The molecule has 6 nitrogen and oxygen atoms in total. The summed E-state index contributed by atoms with van der Waals surface area (Å²) in [4.78, 5) is 30.4. The van der Waals surface area contributed by atoms with E-state index < -0.39 is 0 Å². The molecule has 0 rings (SSSR count). The van der Waals surface area contributed by atoms with Crippen molar-refractivity contribution in [3.8, 4) is 0 Å². The molecule has 0 fully saturated rings. The zero-order chi connectivity index (χ0) is 38.7. The van der Waals surface area contributed by atoms with Gasteiger partial charge >= 0.3 is 0 Å². The summed E-state index contributed by atoms with van der Waals surface area (Å²) in [6, 6.07) is 0. The highest BCUT2D eigenvalue weighted by Gasteiger charge is 2.15. The van der Waals surface area contributed by atoms with Crippen molar-refractivity contribution >= 4 is 11.8 Å². The molecule has 0 aromatic carbocycles. The number of carbonyl (C=O) groups excluding carboxylic acids is 2. The Balaban J connectivity index is 4.21. The van der Waals surface area contributed by atoms with Crippen molar-refractivity contribution in [2.75, 3.05) is 46.3 Å². The Morgan fingerprint density at radius 2 is 0.755 bits per heavy atom. The number of unbranched alkanes of at least 4 members (excludes halogenated alkanes) is 23. The molecule has 0 radical (unpaired) electrons. The van der Waals surface area contributed by atoms with Gasteiger partial charge in [0.15, 0.2) is 0 Å². The van der Waals surface area contributed by atoms with Crippen LogP contribution >= 0.6 is 0 Å². The van der Waals surface area contributed by atoms with Crippen molar-refractivity contribution < 1.29 is 9.59 Å². The summed E-state index contributed by atoms with van der Waals surface area (Å²) in [6.45, 7) is 9.22. The van der Waals surface area contributed by atoms with Gasteiger partial charge in [-0.25, -0.2) is 0 Å². The number of amides is 2. The number of nitrogens with zero attached hydrogens (tertiary/aromatic N) is 2. The first-order chi connectivity index (χ1) is 26.1. The Hall–Kier alpha value is -1.66. The third-order valence-corrected chi connectivity index (χ3v) is 10.6. The van der Waals surface area contributed by atoms with Crippen LogP contribution in [0.5, 0.6) is 0 Å². The molecule has 6 heteroatoms. The molecular weight excluding hydrogens is 653 g/mol. The molecule has 0 aromatic heterocycles. The fraction of sp³-hybridized carbons (Fsp3) is 0.872. The van der Waals surface area contributed by atoms with Gasteiger partial charge in [0.1, 0.15) is 0 Å². The first-order valence-corrected chi connectivity index (χ1v) is 23.3. The predicted molar refractivity (Wildman–Crippen MR) is 234 cm³/mol. The van der Waals surface area contributed by atoms with Crippen LogP contribution in [0.1, 0.15) is 219 Å². The third kappa shape index (κ3) is 37.1. The molecular formula is C47H92N4O2. The highest BCUT2D eigenvalue weighted by Crippen LogP contribution is 2.14. The van der Waals surface area contributed by atoms with Gasteiger partial charge in [-0.15, -0.1) is 0 Å². The molecule has 0 spiro atoms. The minimum absolute atomic E-state index is 0.280. The maximum absolute atomic E-state index is 13.2. The van der Waals surface area contributed by atoms with E-state index in [1.165, 1.54) is 141 Å². The van der Waals surface area contributed by atoms with Crippen LogP contribution in [-0.2, 0) is 9.59 Å². The fourth-order valence-corrected chi connectivity index (χ4v) is 7.07. The molecule has 2 amide bonds. The molecule has 0 saturated carbocycles. The lowest BCUT2D eigenvalue weighted by molar-refractivity contribution is -0.133. The Morgan fingerprint density at radius 3 is 1.11 bits per heavy atom. The smallest absolute Gasteiger partial charge is 0.222 e. The lowest BCUT2D eigenvalue weighted by Gasteiger charge is -2.25. The van der Waals surface area contributed by atoms with Crippen molar-refractivity contribution in [1.29, 1.82) is 0 Å². The number of nitrogens with one attached hydrogen (secondary N) is 1. The summed E-state index contributed by atoms with van der Waals surface area (Å²) in [6.07, 6.45) is 47.6. The van der Waals surface area contributed by atoms with Crippen molar-refractivity contribution in [3.63, 3.8) is 0 Å². The van der Waals surface area contributed by atoms with Crippen LogP contribution in [0.3, 0.4) is 0 Å². The van der Waals surface area contributed by atoms with Crippen LogP contribution in [0.25, 0.3) is 0 Å². The maximum atomic E-state index is 13.2. The van der Waals surface area contributed by atoms with E-state index in [1.807, 2.05) is 11.9 Å². The van der Waals surface area contributed by atoms with Crippen LogP contribution in [0.2, 0.25) is 0 Å². The van der Waals surface area contributed by atoms with E-state index in [1.54, 1.807) is 0 Å². The normalized spacial score (nSPS) is 11.7. The highest BCUT2D eigenvalue weighted by atomic mass is 16.2. The molecule has 0 aliphatic rings. The van der Waals surface area contributed by atoms with Crippen LogP contribution < -0.4 is 11.1 Å². The lowest BCUT2D eigenvalue weighted by atomic mass is 10.1. The van der Waals surface area contributed by atoms with Crippen LogP contribution in [-0.4, -0.2) is 67.9 Å². The average Bonchev–Trinajstić information content (AvgIpc) is 3.16. The lowest BCUT2D eigenvalue weighted by Crippen LogP contribution is -2.36. The largest absolute Gasteiger partial charge is 0.343 e. The minimum Gasteiger partial charge on any atom is -0.343 e. The van der Waals surface area contributed by atoms with Crippen molar-refractivity contribution in [2.24, 2.45) is 5.73 Å². The number of nitrogens with two attached hydrogens (primary N) is 1. The van der Waals surface area contributed by atoms with Gasteiger partial charge in [-0.05, 0) is 110 Å².